The van der Waals surface area contributed by atoms with Gasteiger partial charge in [-0.05, 0) is 98.7 Å². The highest BCUT2D eigenvalue weighted by Crippen LogP contribution is 2.28. The number of nitrogens with one attached hydrogen (secondary N) is 2. The molecule has 10 rings (SSSR count). The Morgan fingerprint density at radius 2 is 1.02 bits per heavy atom. The van der Waals surface area contributed by atoms with Crippen molar-refractivity contribution in [2.45, 2.75) is 51.6 Å². The van der Waals surface area contributed by atoms with Crippen molar-refractivity contribution in [1.82, 2.24) is 49.7 Å². The maximum Gasteiger partial charge on any atom is 0.251 e. The Labute approximate surface area is 379 Å². The molecule has 0 radical (unpaired) electrons. The molecule has 2 saturated carbocycles. The summed E-state index contributed by atoms with van der Waals surface area (Å²) in [4.78, 5) is 76.6. The molecular weight excluding hydrogens is 833 g/mol. The first kappa shape index (κ1) is 42.6. The molecule has 4 aromatic heterocycles. The fourth-order valence-electron chi connectivity index (χ4n) is 7.27. The van der Waals surface area contributed by atoms with E-state index >= 15 is 0 Å². The van der Waals surface area contributed by atoms with Gasteiger partial charge in [-0.3, -0.25) is 28.3 Å². The number of nitrogens with zero attached hydrogens (tertiary/aromatic N) is 8. The summed E-state index contributed by atoms with van der Waals surface area (Å²) in [6.45, 7) is 3.84. The van der Waals surface area contributed by atoms with Crippen LogP contribution < -0.4 is 22.1 Å². The van der Waals surface area contributed by atoms with Crippen molar-refractivity contribution in [1.29, 1.82) is 0 Å². The zero-order valence-corrected chi connectivity index (χ0v) is 36.1. The van der Waals surface area contributed by atoms with Gasteiger partial charge in [0.05, 0.1) is 11.4 Å². The third-order valence-electron chi connectivity index (χ3n) is 11.3. The number of aryl methyl sites for hydroxylation is 2. The highest BCUT2D eigenvalue weighted by Gasteiger charge is 2.27. The van der Waals surface area contributed by atoms with Crippen molar-refractivity contribution < 1.29 is 19.2 Å². The maximum atomic E-state index is 13.2. The summed E-state index contributed by atoms with van der Waals surface area (Å²) in [5.41, 5.74) is 20.6. The summed E-state index contributed by atoms with van der Waals surface area (Å²) >= 11 is 0. The molecular formula is C50H44N12O4. The second-order valence-electron chi connectivity index (χ2n) is 16.2. The lowest BCUT2D eigenvalue weighted by atomic mass is 10.0. The fraction of sp³-hybridized carbons (Fsp3) is 0.160. The Bertz CT molecular complexity index is 2930. The number of carbonyl (C=O) groups excluding carboxylic acids is 4. The molecule has 2 aliphatic carbocycles. The van der Waals surface area contributed by atoms with E-state index in [1.807, 2.05) is 38.1 Å². The molecule has 8 aromatic rings. The van der Waals surface area contributed by atoms with Crippen LogP contribution >= 0.6 is 0 Å². The number of nitrogen functional groups attached to an aromatic ring is 2. The normalized spacial score (nSPS) is 13.0. The average Bonchev–Trinajstić information content (AvgIpc) is 4.28. The second-order valence-corrected chi connectivity index (χ2v) is 16.2. The van der Waals surface area contributed by atoms with Gasteiger partial charge in [0.25, 0.3) is 11.8 Å². The number of anilines is 2. The van der Waals surface area contributed by atoms with Gasteiger partial charge in [-0.15, -0.1) is 0 Å². The van der Waals surface area contributed by atoms with Crippen LogP contribution in [0.15, 0.2) is 135 Å². The van der Waals surface area contributed by atoms with E-state index in [-0.39, 0.29) is 58.5 Å². The summed E-state index contributed by atoms with van der Waals surface area (Å²) < 4.78 is 3.28. The van der Waals surface area contributed by atoms with Crippen LogP contribution in [0.3, 0.4) is 0 Å². The Kier molecular flexibility index (Phi) is 11.8. The average molecular weight is 877 g/mol. The third-order valence-corrected chi connectivity index (χ3v) is 11.3. The molecule has 4 heterocycles. The van der Waals surface area contributed by atoms with Crippen LogP contribution in [0, 0.1) is 13.8 Å². The van der Waals surface area contributed by atoms with Gasteiger partial charge in [0, 0.05) is 70.3 Å². The zero-order chi connectivity index (χ0) is 45.9. The van der Waals surface area contributed by atoms with E-state index in [1.165, 1.54) is 19.0 Å². The summed E-state index contributed by atoms with van der Waals surface area (Å²) in [6, 6.07) is 27.3. The van der Waals surface area contributed by atoms with Crippen LogP contribution in [0.5, 0.6) is 0 Å². The number of nitrogens with two attached hydrogens (primary N) is 2. The van der Waals surface area contributed by atoms with Gasteiger partial charge >= 0.3 is 0 Å². The largest absolute Gasteiger partial charge is 0.383 e. The minimum absolute atomic E-state index is 0.115. The SMILES string of the molecule is Cc1ccc(C(=O)NC2CC2)cc1-n1cnc(C(=O)c2cccc(-c3cncnc3)c2)c1N.Cc1ccc(C(=O)NC2CC2)cc1-n1cnc(C(=O)c2cccc(-c3ncccn3)c2)c1N. The predicted octanol–water partition coefficient (Wildman–Crippen LogP) is 6.69. The molecule has 16 nitrogen and oxygen atoms in total. The minimum atomic E-state index is -0.302. The number of hydrogen-bond acceptors (Lipinski definition) is 12. The van der Waals surface area contributed by atoms with Crippen LogP contribution in [-0.2, 0) is 0 Å². The predicted molar refractivity (Wildman–Crippen MR) is 248 cm³/mol. The molecule has 0 unspecified atom stereocenters. The Balaban J connectivity index is 0.000000166. The number of benzene rings is 4. The van der Waals surface area contributed by atoms with Crippen LogP contribution in [-0.4, -0.2) is 74.5 Å². The number of imidazole rings is 2. The molecule has 66 heavy (non-hydrogen) atoms. The van der Waals surface area contributed by atoms with E-state index in [0.29, 0.717) is 39.5 Å². The molecule has 6 N–H and O–H groups in total. The summed E-state index contributed by atoms with van der Waals surface area (Å²) in [5, 5.41) is 5.98. The summed E-state index contributed by atoms with van der Waals surface area (Å²) in [6.07, 6.45) is 15.2. The number of aromatic nitrogens is 8. The molecule has 0 spiro atoms. The van der Waals surface area contributed by atoms with Gasteiger partial charge in [0.15, 0.2) is 17.2 Å². The first-order chi connectivity index (χ1) is 32.0. The molecule has 328 valence electrons. The molecule has 0 atom stereocenters. The molecule has 2 fully saturated rings. The minimum Gasteiger partial charge on any atom is -0.383 e. The van der Waals surface area contributed by atoms with Gasteiger partial charge in [0.1, 0.15) is 30.6 Å². The molecule has 4 aromatic carbocycles. The smallest absolute Gasteiger partial charge is 0.251 e. The Hall–Kier alpha value is -8.66. The Morgan fingerprint density at radius 1 is 0.545 bits per heavy atom. The van der Waals surface area contributed by atoms with Gasteiger partial charge in [-0.1, -0.05) is 48.5 Å². The van der Waals surface area contributed by atoms with Crippen molar-refractivity contribution in [2.24, 2.45) is 0 Å². The van der Waals surface area contributed by atoms with E-state index in [4.69, 9.17) is 11.5 Å². The summed E-state index contributed by atoms with van der Waals surface area (Å²) in [5.74, 6) is 0.141. The van der Waals surface area contributed by atoms with Crippen LogP contribution in [0.4, 0.5) is 11.6 Å². The van der Waals surface area contributed by atoms with E-state index in [2.05, 4.69) is 40.5 Å². The first-order valence-corrected chi connectivity index (χ1v) is 21.3. The third kappa shape index (κ3) is 9.19. The Morgan fingerprint density at radius 3 is 1.50 bits per heavy atom. The van der Waals surface area contributed by atoms with E-state index < -0.39 is 0 Å². The highest BCUT2D eigenvalue weighted by atomic mass is 16.2. The van der Waals surface area contributed by atoms with E-state index in [1.54, 1.807) is 101 Å². The molecule has 2 aliphatic rings. The van der Waals surface area contributed by atoms with Crippen LogP contribution in [0.25, 0.3) is 33.9 Å². The van der Waals surface area contributed by atoms with Crippen molar-refractivity contribution in [3.63, 3.8) is 0 Å². The zero-order valence-electron chi connectivity index (χ0n) is 36.1. The van der Waals surface area contributed by atoms with Crippen LogP contribution in [0.1, 0.15) is 89.6 Å². The monoisotopic (exact) mass is 876 g/mol. The lowest BCUT2D eigenvalue weighted by Crippen LogP contribution is -2.25. The van der Waals surface area contributed by atoms with E-state index in [9.17, 15) is 19.2 Å². The van der Waals surface area contributed by atoms with Crippen molar-refractivity contribution >= 4 is 35.0 Å². The number of rotatable bonds is 12. The van der Waals surface area contributed by atoms with E-state index in [0.717, 1.165) is 53.5 Å². The summed E-state index contributed by atoms with van der Waals surface area (Å²) in [7, 11) is 0. The van der Waals surface area contributed by atoms with Crippen molar-refractivity contribution in [3.8, 4) is 33.9 Å². The molecule has 0 bridgehead atoms. The van der Waals surface area contributed by atoms with Crippen molar-refractivity contribution in [3.05, 3.63) is 180 Å². The lowest BCUT2D eigenvalue weighted by Gasteiger charge is -2.12. The number of amides is 2. The standard InChI is InChI=1S/2C25H22N6O2/c1-15-6-7-18(25(33)30-19-8-9-19)13-20(15)31-14-29-21(23(31)26)22(32)16-4-2-5-17(12-16)24-27-10-3-11-28-24;1-15-5-6-18(25(33)30-20-7-8-20)10-21(15)31-14-29-22(24(31)26)23(32)17-4-2-3-16(9-17)19-11-27-13-28-12-19/h2-7,10-14,19H,8-9,26H2,1H3,(H,30,33);2-6,9-14,20H,7-8,26H2,1H3,(H,30,33). The number of hydrogen-bond donors (Lipinski definition) is 4. The lowest BCUT2D eigenvalue weighted by molar-refractivity contribution is 0.0942. The fourth-order valence-corrected chi connectivity index (χ4v) is 7.27. The number of carbonyl (C=O) groups is 4. The van der Waals surface area contributed by atoms with Gasteiger partial charge in [0.2, 0.25) is 11.6 Å². The van der Waals surface area contributed by atoms with Crippen molar-refractivity contribution in [2.75, 3.05) is 11.5 Å². The van der Waals surface area contributed by atoms with Crippen LogP contribution in [0.2, 0.25) is 0 Å². The maximum absolute atomic E-state index is 13.2. The second kappa shape index (κ2) is 18.2. The highest BCUT2D eigenvalue weighted by molar-refractivity contribution is 6.12. The quantitative estimate of drug-likeness (QED) is 0.0941. The molecule has 0 aliphatic heterocycles. The molecule has 0 saturated heterocycles. The van der Waals surface area contributed by atoms with Gasteiger partial charge in [-0.2, -0.15) is 0 Å². The van der Waals surface area contributed by atoms with Gasteiger partial charge in [-0.25, -0.2) is 29.9 Å². The number of ketones is 2. The first-order valence-electron chi connectivity index (χ1n) is 21.3. The molecule has 16 heteroatoms. The molecule has 2 amide bonds. The van der Waals surface area contributed by atoms with Gasteiger partial charge < -0.3 is 22.1 Å². The topological polar surface area (TPSA) is 232 Å².